The lowest BCUT2D eigenvalue weighted by molar-refractivity contribution is 1.23. The van der Waals surface area contributed by atoms with Crippen molar-refractivity contribution in [2.24, 2.45) is 0 Å². The van der Waals surface area contributed by atoms with E-state index in [-0.39, 0.29) is 0 Å². The summed E-state index contributed by atoms with van der Waals surface area (Å²) in [4.78, 5) is 0. The van der Waals surface area contributed by atoms with Crippen LogP contribution in [0.3, 0.4) is 0 Å². The molecule has 0 spiro atoms. The second kappa shape index (κ2) is 83.8. The molecule has 0 radical (unpaired) electrons. The molecule has 0 amide bonds. The van der Waals surface area contributed by atoms with Gasteiger partial charge in [0.15, 0.2) is 0 Å². The predicted molar refractivity (Wildman–Crippen MR) is 63.6 cm³/mol. The van der Waals surface area contributed by atoms with Gasteiger partial charge in [-0.2, -0.15) is 0 Å². The van der Waals surface area contributed by atoms with Crippen molar-refractivity contribution in [3.8, 4) is 0 Å². The molecule has 0 aromatic rings. The van der Waals surface area contributed by atoms with E-state index >= 15 is 0 Å². The van der Waals surface area contributed by atoms with Gasteiger partial charge in [0, 0.05) is 0 Å². The molecule has 0 heteroatoms. The standard InChI is InChI=1S/C4H8.C4H6.2C2H6/c2*1-3-4-2;2*1-2/h3H,1,4H2,2H3;3-4H,1-2H2;2*1-2H3. The Hall–Kier alpha value is -0.780. The minimum atomic E-state index is 1.08. The average Bonchev–Trinajstić information content (AvgIpc) is 2.23. The summed E-state index contributed by atoms with van der Waals surface area (Å²) in [5, 5.41) is 0. The highest BCUT2D eigenvalue weighted by Gasteiger charge is 1.45. The summed E-state index contributed by atoms with van der Waals surface area (Å²) >= 11 is 0. The van der Waals surface area contributed by atoms with Gasteiger partial charge in [0.2, 0.25) is 0 Å². The van der Waals surface area contributed by atoms with Gasteiger partial charge in [-0.15, -0.1) is 6.58 Å². The third kappa shape index (κ3) is 419. The van der Waals surface area contributed by atoms with E-state index in [0.717, 1.165) is 6.42 Å². The van der Waals surface area contributed by atoms with Crippen LogP contribution >= 0.6 is 0 Å². The van der Waals surface area contributed by atoms with Crippen LogP contribution in [0.4, 0.5) is 0 Å². The Morgan fingerprint density at radius 2 is 1.00 bits per heavy atom. The maximum absolute atomic E-state index is 3.48. The molecule has 0 atom stereocenters. The lowest BCUT2D eigenvalue weighted by Crippen LogP contribution is -1.36. The first-order chi connectivity index (χ1) is 5.83. The monoisotopic (exact) mass is 170 g/mol. The van der Waals surface area contributed by atoms with E-state index in [1.54, 1.807) is 12.2 Å². The van der Waals surface area contributed by atoms with Gasteiger partial charge in [-0.05, 0) is 6.42 Å². The van der Waals surface area contributed by atoms with Crippen LogP contribution in [0.1, 0.15) is 41.0 Å². The Kier molecular flexibility index (Phi) is 157. The highest BCUT2D eigenvalue weighted by atomic mass is 13.5. The maximum Gasteiger partial charge on any atom is -0.0382 e. The Morgan fingerprint density at radius 3 is 1.00 bits per heavy atom. The van der Waals surface area contributed by atoms with E-state index < -0.39 is 0 Å². The van der Waals surface area contributed by atoms with Crippen LogP contribution in [-0.4, -0.2) is 0 Å². The largest absolute Gasteiger partial charge is 0.103 e. The minimum absolute atomic E-state index is 1.08. The Bertz CT molecular complexity index is 54.4. The van der Waals surface area contributed by atoms with Crippen LogP contribution in [0.5, 0.6) is 0 Å². The molecule has 0 fully saturated rings. The summed E-state index contributed by atoms with van der Waals surface area (Å²) < 4.78 is 0. The number of hydrogen-bond acceptors (Lipinski definition) is 0. The molecule has 0 saturated carbocycles. The van der Waals surface area contributed by atoms with Crippen molar-refractivity contribution in [3.63, 3.8) is 0 Å². The van der Waals surface area contributed by atoms with Crippen molar-refractivity contribution in [1.29, 1.82) is 0 Å². The van der Waals surface area contributed by atoms with Crippen LogP contribution in [0.15, 0.2) is 38.0 Å². The van der Waals surface area contributed by atoms with Crippen molar-refractivity contribution in [2.75, 3.05) is 0 Å². The highest BCUT2D eigenvalue weighted by molar-refractivity contribution is 4.88. The Balaban J connectivity index is -0.0000000380. The van der Waals surface area contributed by atoms with Gasteiger partial charge in [0.25, 0.3) is 0 Å². The van der Waals surface area contributed by atoms with Crippen molar-refractivity contribution >= 4 is 0 Å². The first-order valence-corrected chi connectivity index (χ1v) is 4.67. The fourth-order valence-electron chi connectivity index (χ4n) is 0. The van der Waals surface area contributed by atoms with E-state index in [2.05, 4.69) is 26.7 Å². The normalized spacial score (nSPS) is 4.75. The summed E-state index contributed by atoms with van der Waals surface area (Å²) in [6.45, 7) is 20.3. The second-order valence-corrected chi connectivity index (χ2v) is 1.17. The topological polar surface area (TPSA) is 0 Å². The summed E-state index contributed by atoms with van der Waals surface area (Å²) in [7, 11) is 0. The zero-order chi connectivity index (χ0) is 10.8. The highest BCUT2D eigenvalue weighted by Crippen LogP contribution is 1.66. The van der Waals surface area contributed by atoms with Gasteiger partial charge in [0.1, 0.15) is 0 Å². The molecule has 0 unspecified atom stereocenters. The van der Waals surface area contributed by atoms with Gasteiger partial charge in [-0.3, -0.25) is 0 Å². The second-order valence-electron chi connectivity index (χ2n) is 1.17. The molecule has 0 saturated heterocycles. The fourth-order valence-corrected chi connectivity index (χ4v) is 0. The smallest absolute Gasteiger partial charge is 0.0382 e. The van der Waals surface area contributed by atoms with E-state index in [1.807, 2.05) is 33.8 Å². The molecule has 74 valence electrons. The molecular weight excluding hydrogens is 144 g/mol. The Morgan fingerprint density at radius 1 is 0.833 bits per heavy atom. The lowest BCUT2D eigenvalue weighted by Gasteiger charge is -1.57. The number of allylic oxidation sites excluding steroid dienone is 3. The molecule has 0 aliphatic rings. The van der Waals surface area contributed by atoms with E-state index in [0.29, 0.717) is 0 Å². The van der Waals surface area contributed by atoms with Gasteiger partial charge in [0.05, 0.1) is 0 Å². The molecule has 0 aliphatic carbocycles. The predicted octanol–water partition coefficient (Wildman–Crippen LogP) is 4.99. The first-order valence-electron chi connectivity index (χ1n) is 4.67. The van der Waals surface area contributed by atoms with E-state index in [9.17, 15) is 0 Å². The van der Waals surface area contributed by atoms with Crippen LogP contribution in [0, 0.1) is 0 Å². The van der Waals surface area contributed by atoms with Crippen LogP contribution < -0.4 is 0 Å². The average molecular weight is 170 g/mol. The van der Waals surface area contributed by atoms with Crippen molar-refractivity contribution < 1.29 is 0 Å². The molecular formula is C12H26. The zero-order valence-electron chi connectivity index (χ0n) is 9.56. The minimum Gasteiger partial charge on any atom is -0.103 e. The zero-order valence-corrected chi connectivity index (χ0v) is 9.56. The van der Waals surface area contributed by atoms with Gasteiger partial charge in [-0.25, -0.2) is 0 Å². The Labute approximate surface area is 79.7 Å². The summed E-state index contributed by atoms with van der Waals surface area (Å²) in [6, 6.07) is 0. The van der Waals surface area contributed by atoms with Crippen molar-refractivity contribution in [3.05, 3.63) is 38.0 Å². The molecule has 0 bridgehead atoms. The van der Waals surface area contributed by atoms with Gasteiger partial charge in [-0.1, -0.05) is 66.0 Å². The SMILES string of the molecule is C=CC=C.C=CCC.CC.CC. The summed E-state index contributed by atoms with van der Waals surface area (Å²) in [5.74, 6) is 0. The molecule has 0 rings (SSSR count). The third-order valence-electron chi connectivity index (χ3n) is 0.455. The third-order valence-corrected chi connectivity index (χ3v) is 0.455. The molecule has 0 aromatic heterocycles. The molecule has 12 heavy (non-hydrogen) atoms. The van der Waals surface area contributed by atoms with E-state index in [1.165, 1.54) is 0 Å². The molecule has 0 aliphatic heterocycles. The maximum atomic E-state index is 3.48. The van der Waals surface area contributed by atoms with Crippen LogP contribution in [-0.2, 0) is 0 Å². The van der Waals surface area contributed by atoms with Crippen LogP contribution in [0.2, 0.25) is 0 Å². The molecule has 0 N–H and O–H groups in total. The van der Waals surface area contributed by atoms with Gasteiger partial charge < -0.3 is 0 Å². The first kappa shape index (κ1) is 22.5. The van der Waals surface area contributed by atoms with Crippen molar-refractivity contribution in [1.82, 2.24) is 0 Å². The van der Waals surface area contributed by atoms with Crippen LogP contribution in [0.25, 0.3) is 0 Å². The fraction of sp³-hybridized carbons (Fsp3) is 0.500. The summed E-state index contributed by atoms with van der Waals surface area (Å²) in [6.07, 6.45) is 6.24. The molecule has 0 heterocycles. The molecule has 0 aromatic carbocycles. The summed E-state index contributed by atoms with van der Waals surface area (Å²) in [5.41, 5.74) is 0. The van der Waals surface area contributed by atoms with Crippen molar-refractivity contribution in [2.45, 2.75) is 41.0 Å². The number of rotatable bonds is 2. The van der Waals surface area contributed by atoms with Gasteiger partial charge >= 0.3 is 0 Å². The van der Waals surface area contributed by atoms with E-state index in [4.69, 9.17) is 0 Å². The lowest BCUT2D eigenvalue weighted by atomic mass is 10.5. The molecule has 0 nitrogen and oxygen atoms in total. The number of hydrogen-bond donors (Lipinski definition) is 0. The quantitative estimate of drug-likeness (QED) is 0.404.